The average Bonchev–Trinajstić information content (AvgIpc) is 2.77. The largest absolute Gasteiger partial charge is 0.393 e. The zero-order valence-corrected chi connectivity index (χ0v) is 11.6. The summed E-state index contributed by atoms with van der Waals surface area (Å²) in [4.78, 5) is 14.5. The molecule has 0 aromatic heterocycles. The maximum atomic E-state index is 12.2. The third-order valence-electron chi connectivity index (χ3n) is 2.88. The van der Waals surface area contributed by atoms with Crippen molar-refractivity contribution in [2.75, 3.05) is 18.8 Å². The predicted molar refractivity (Wildman–Crippen MR) is 73.7 cm³/mol. The van der Waals surface area contributed by atoms with E-state index in [-0.39, 0.29) is 17.1 Å². The van der Waals surface area contributed by atoms with Crippen molar-refractivity contribution in [2.45, 2.75) is 31.9 Å². The van der Waals surface area contributed by atoms with Crippen molar-refractivity contribution < 1.29 is 4.79 Å². The van der Waals surface area contributed by atoms with Gasteiger partial charge in [0.25, 0.3) is 0 Å². The Labute approximate surface area is 107 Å². The molecule has 0 aromatic rings. The molecular weight excluding hydrogens is 240 g/mol. The van der Waals surface area contributed by atoms with Gasteiger partial charge in [0.2, 0.25) is 5.91 Å². The minimum atomic E-state index is 0.102. The van der Waals surface area contributed by atoms with E-state index >= 15 is 0 Å². The Morgan fingerprint density at radius 2 is 2.38 bits per heavy atom. The lowest BCUT2D eigenvalue weighted by atomic mass is 10.1. The van der Waals surface area contributed by atoms with Crippen LogP contribution in [-0.4, -0.2) is 39.9 Å². The second-order valence-electron chi connectivity index (χ2n) is 4.18. The highest BCUT2D eigenvalue weighted by Gasteiger charge is 2.28. The maximum Gasteiger partial charge on any atom is 0.235 e. The van der Waals surface area contributed by atoms with E-state index in [2.05, 4.69) is 0 Å². The zero-order valence-electron chi connectivity index (χ0n) is 9.94. The normalized spacial score (nSPS) is 21.8. The van der Waals surface area contributed by atoms with Gasteiger partial charge in [-0.25, -0.2) is 0 Å². The highest BCUT2D eigenvalue weighted by atomic mass is 32.2. The van der Waals surface area contributed by atoms with Gasteiger partial charge in [-0.3, -0.25) is 4.79 Å². The van der Waals surface area contributed by atoms with Crippen LogP contribution in [0.4, 0.5) is 0 Å². The fourth-order valence-corrected chi connectivity index (χ4v) is 3.09. The van der Waals surface area contributed by atoms with E-state index in [1.165, 1.54) is 0 Å². The van der Waals surface area contributed by atoms with Crippen molar-refractivity contribution >= 4 is 34.9 Å². The summed E-state index contributed by atoms with van der Waals surface area (Å²) in [6, 6.07) is 0. The monoisotopic (exact) mass is 260 g/mol. The second kappa shape index (κ2) is 6.45. The Morgan fingerprint density at radius 3 is 2.81 bits per heavy atom. The Morgan fingerprint density at radius 1 is 1.69 bits per heavy atom. The van der Waals surface area contributed by atoms with Gasteiger partial charge in [0.05, 0.1) is 10.2 Å². The number of nitrogens with zero attached hydrogens (tertiary/aromatic N) is 1. The van der Waals surface area contributed by atoms with Gasteiger partial charge in [-0.05, 0) is 25.5 Å². The molecule has 0 bridgehead atoms. The molecule has 0 aromatic carbocycles. The molecule has 1 amide bonds. The Kier molecular flexibility index (Phi) is 5.55. The number of hydrogen-bond acceptors (Lipinski definition) is 3. The van der Waals surface area contributed by atoms with E-state index in [1.54, 1.807) is 11.8 Å². The molecule has 1 fully saturated rings. The van der Waals surface area contributed by atoms with E-state index in [0.717, 1.165) is 25.1 Å². The molecule has 0 saturated carbocycles. The van der Waals surface area contributed by atoms with Gasteiger partial charge in [-0.15, -0.1) is 11.8 Å². The maximum absolute atomic E-state index is 12.2. The van der Waals surface area contributed by atoms with Crippen LogP contribution in [0, 0.1) is 5.92 Å². The molecule has 5 heteroatoms. The number of thiocarbonyl (C=S) groups is 1. The summed E-state index contributed by atoms with van der Waals surface area (Å²) in [5.41, 5.74) is 5.58. The van der Waals surface area contributed by atoms with E-state index < -0.39 is 0 Å². The third kappa shape index (κ3) is 3.63. The van der Waals surface area contributed by atoms with Gasteiger partial charge >= 0.3 is 0 Å². The lowest BCUT2D eigenvalue weighted by Gasteiger charge is -2.26. The second-order valence-corrected chi connectivity index (χ2v) is 5.96. The van der Waals surface area contributed by atoms with Gasteiger partial charge in [0.15, 0.2) is 0 Å². The first-order valence-electron chi connectivity index (χ1n) is 5.76. The van der Waals surface area contributed by atoms with Crippen LogP contribution in [-0.2, 0) is 4.79 Å². The number of carbonyl (C=O) groups excluding carboxylic acids is 1. The summed E-state index contributed by atoms with van der Waals surface area (Å²) >= 11 is 6.71. The SMILES string of the molecule is CCN(CC(C)C(N)=S)C(=O)C1CCCS1. The minimum Gasteiger partial charge on any atom is -0.393 e. The van der Waals surface area contributed by atoms with Crippen LogP contribution >= 0.6 is 24.0 Å². The van der Waals surface area contributed by atoms with E-state index in [1.807, 2.05) is 18.7 Å². The molecule has 1 aliphatic heterocycles. The molecule has 2 atom stereocenters. The molecule has 0 aliphatic carbocycles. The van der Waals surface area contributed by atoms with Gasteiger partial charge < -0.3 is 10.6 Å². The number of thioether (sulfide) groups is 1. The summed E-state index contributed by atoms with van der Waals surface area (Å²) in [7, 11) is 0. The molecule has 0 radical (unpaired) electrons. The number of rotatable bonds is 5. The van der Waals surface area contributed by atoms with Crippen LogP contribution in [0.5, 0.6) is 0 Å². The van der Waals surface area contributed by atoms with Crippen LogP contribution in [0.25, 0.3) is 0 Å². The van der Waals surface area contributed by atoms with Crippen LogP contribution in [0.2, 0.25) is 0 Å². The standard InChI is InChI=1S/C11H20N2OS2/c1-3-13(7-8(2)10(12)15)11(14)9-5-4-6-16-9/h8-9H,3-7H2,1-2H3,(H2,12,15). The molecule has 2 N–H and O–H groups in total. The molecular formula is C11H20N2OS2. The Bertz CT molecular complexity index is 265. The zero-order chi connectivity index (χ0) is 12.1. The van der Waals surface area contributed by atoms with Crippen molar-refractivity contribution in [1.82, 2.24) is 4.90 Å². The summed E-state index contributed by atoms with van der Waals surface area (Å²) in [5.74, 6) is 1.47. The number of hydrogen-bond donors (Lipinski definition) is 1. The highest BCUT2D eigenvalue weighted by molar-refractivity contribution is 8.00. The fourth-order valence-electron chi connectivity index (χ4n) is 1.77. The average molecular weight is 260 g/mol. The van der Waals surface area contributed by atoms with Gasteiger partial charge in [0.1, 0.15) is 0 Å². The van der Waals surface area contributed by atoms with Crippen molar-refractivity contribution in [3.63, 3.8) is 0 Å². The van der Waals surface area contributed by atoms with E-state index in [4.69, 9.17) is 18.0 Å². The number of amides is 1. The van der Waals surface area contributed by atoms with Crippen molar-refractivity contribution in [1.29, 1.82) is 0 Å². The van der Waals surface area contributed by atoms with Crippen LogP contribution < -0.4 is 5.73 Å². The first kappa shape index (κ1) is 13.8. The molecule has 0 spiro atoms. The van der Waals surface area contributed by atoms with Crippen LogP contribution in [0.15, 0.2) is 0 Å². The Hall–Kier alpha value is -0.290. The third-order valence-corrected chi connectivity index (χ3v) is 4.64. The van der Waals surface area contributed by atoms with Crippen molar-refractivity contribution in [3.05, 3.63) is 0 Å². The van der Waals surface area contributed by atoms with E-state index in [9.17, 15) is 4.79 Å². The predicted octanol–water partition coefficient (Wildman–Crippen LogP) is 1.65. The Balaban J connectivity index is 2.52. The van der Waals surface area contributed by atoms with E-state index in [0.29, 0.717) is 11.5 Å². The molecule has 1 heterocycles. The molecule has 16 heavy (non-hydrogen) atoms. The molecule has 92 valence electrons. The topological polar surface area (TPSA) is 46.3 Å². The lowest BCUT2D eigenvalue weighted by molar-refractivity contribution is -0.130. The number of nitrogens with two attached hydrogens (primary N) is 1. The first-order chi connectivity index (χ1) is 7.56. The quantitative estimate of drug-likeness (QED) is 0.764. The smallest absolute Gasteiger partial charge is 0.235 e. The fraction of sp³-hybridized carbons (Fsp3) is 0.818. The molecule has 1 aliphatic rings. The van der Waals surface area contributed by atoms with Gasteiger partial charge in [-0.1, -0.05) is 19.1 Å². The van der Waals surface area contributed by atoms with Crippen LogP contribution in [0.1, 0.15) is 26.7 Å². The summed E-state index contributed by atoms with van der Waals surface area (Å²) < 4.78 is 0. The first-order valence-corrected chi connectivity index (χ1v) is 7.21. The molecule has 1 saturated heterocycles. The van der Waals surface area contributed by atoms with Gasteiger partial charge in [-0.2, -0.15) is 0 Å². The lowest BCUT2D eigenvalue weighted by Crippen LogP contribution is -2.41. The summed E-state index contributed by atoms with van der Waals surface area (Å²) in [6.45, 7) is 5.37. The molecule has 1 rings (SSSR count). The minimum absolute atomic E-state index is 0.102. The van der Waals surface area contributed by atoms with Crippen LogP contribution in [0.3, 0.4) is 0 Å². The summed E-state index contributed by atoms with van der Waals surface area (Å²) in [5, 5.41) is 0.165. The van der Waals surface area contributed by atoms with Crippen molar-refractivity contribution in [3.8, 4) is 0 Å². The van der Waals surface area contributed by atoms with Crippen molar-refractivity contribution in [2.24, 2.45) is 11.7 Å². The molecule has 2 unspecified atom stereocenters. The summed E-state index contributed by atoms with van der Waals surface area (Å²) in [6.07, 6.45) is 2.17. The highest BCUT2D eigenvalue weighted by Crippen LogP contribution is 2.27. The molecule has 3 nitrogen and oxygen atoms in total. The van der Waals surface area contributed by atoms with Gasteiger partial charge in [0, 0.05) is 19.0 Å². The number of carbonyl (C=O) groups is 1.